The summed E-state index contributed by atoms with van der Waals surface area (Å²) in [6.07, 6.45) is 0. The van der Waals surface area contributed by atoms with Crippen molar-refractivity contribution < 1.29 is 17.6 Å². The van der Waals surface area contributed by atoms with Crippen molar-refractivity contribution in [2.45, 2.75) is 11.8 Å². The first-order valence-corrected chi connectivity index (χ1v) is 11.2. The molecule has 2 aromatic carbocycles. The van der Waals surface area contributed by atoms with Crippen molar-refractivity contribution in [1.82, 2.24) is 9.78 Å². The van der Waals surface area contributed by atoms with E-state index in [9.17, 15) is 17.6 Å². The number of carbonyl (C=O) groups excluding carboxylic acids is 1. The Balaban J connectivity index is 1.60. The van der Waals surface area contributed by atoms with E-state index in [1.165, 1.54) is 29.5 Å². The van der Waals surface area contributed by atoms with E-state index in [1.807, 2.05) is 14.0 Å². The van der Waals surface area contributed by atoms with Crippen LogP contribution >= 0.6 is 11.3 Å². The van der Waals surface area contributed by atoms with Gasteiger partial charge < -0.3 is 5.32 Å². The summed E-state index contributed by atoms with van der Waals surface area (Å²) in [5.74, 6) is -0.889. The van der Waals surface area contributed by atoms with Crippen molar-refractivity contribution in [2.24, 2.45) is 7.05 Å². The molecule has 30 heavy (non-hydrogen) atoms. The molecule has 1 amide bonds. The maximum absolute atomic E-state index is 13.1. The number of rotatable bonds is 5. The van der Waals surface area contributed by atoms with E-state index in [0.717, 1.165) is 28.0 Å². The Morgan fingerprint density at radius 1 is 1.10 bits per heavy atom. The lowest BCUT2D eigenvalue weighted by molar-refractivity contribution is 0.103. The first kappa shape index (κ1) is 20.0. The third kappa shape index (κ3) is 3.79. The molecule has 0 aliphatic heterocycles. The van der Waals surface area contributed by atoms with Crippen LogP contribution in [0, 0.1) is 12.7 Å². The third-order valence-corrected chi connectivity index (χ3v) is 7.05. The lowest BCUT2D eigenvalue weighted by Crippen LogP contribution is -2.16. The fraction of sp³-hybridized carbons (Fsp3) is 0.100. The number of nitrogens with zero attached hydrogens (tertiary/aromatic N) is 2. The highest BCUT2D eigenvalue weighted by Gasteiger charge is 2.19. The molecule has 0 saturated carbocycles. The summed E-state index contributed by atoms with van der Waals surface area (Å²) >= 11 is 1.30. The minimum atomic E-state index is -3.95. The summed E-state index contributed by atoms with van der Waals surface area (Å²) in [5, 5.41) is 7.97. The Kier molecular flexibility index (Phi) is 5.04. The Morgan fingerprint density at radius 2 is 1.77 bits per heavy atom. The number of anilines is 2. The molecule has 7 nitrogen and oxygen atoms in total. The molecule has 2 N–H and O–H groups in total. The van der Waals surface area contributed by atoms with Crippen LogP contribution in [0.25, 0.3) is 10.2 Å². The normalized spacial score (nSPS) is 11.6. The lowest BCUT2D eigenvalue weighted by Gasteiger charge is -2.13. The first-order chi connectivity index (χ1) is 14.2. The number of nitrogens with one attached hydrogen (secondary N) is 2. The van der Waals surface area contributed by atoms with Crippen molar-refractivity contribution in [3.05, 3.63) is 71.0 Å². The van der Waals surface area contributed by atoms with Crippen LogP contribution in [0.5, 0.6) is 0 Å². The number of para-hydroxylation sites is 2. The number of thiophene rings is 1. The second-order valence-electron chi connectivity index (χ2n) is 6.60. The summed E-state index contributed by atoms with van der Waals surface area (Å²) < 4.78 is 42.5. The molecule has 0 radical (unpaired) electrons. The van der Waals surface area contributed by atoms with E-state index in [-0.39, 0.29) is 16.5 Å². The smallest absolute Gasteiger partial charge is 0.265 e. The van der Waals surface area contributed by atoms with Gasteiger partial charge in [-0.25, -0.2) is 12.8 Å². The zero-order chi connectivity index (χ0) is 21.5. The van der Waals surface area contributed by atoms with Crippen molar-refractivity contribution >= 4 is 48.9 Å². The predicted molar refractivity (Wildman–Crippen MR) is 115 cm³/mol. The molecule has 10 heteroatoms. The number of benzene rings is 2. The minimum Gasteiger partial charge on any atom is -0.319 e. The zero-order valence-electron chi connectivity index (χ0n) is 16.0. The van der Waals surface area contributed by atoms with Crippen LogP contribution in [0.2, 0.25) is 0 Å². The van der Waals surface area contributed by atoms with Crippen LogP contribution in [-0.2, 0) is 17.1 Å². The second kappa shape index (κ2) is 7.54. The number of hydrogen-bond acceptors (Lipinski definition) is 5. The van der Waals surface area contributed by atoms with Gasteiger partial charge >= 0.3 is 0 Å². The summed E-state index contributed by atoms with van der Waals surface area (Å²) in [6, 6.07) is 12.7. The van der Waals surface area contributed by atoms with Gasteiger partial charge in [0, 0.05) is 12.4 Å². The number of amides is 1. The maximum atomic E-state index is 13.1. The van der Waals surface area contributed by atoms with Gasteiger partial charge in [0.15, 0.2) is 0 Å². The van der Waals surface area contributed by atoms with Crippen LogP contribution in [-0.4, -0.2) is 24.1 Å². The van der Waals surface area contributed by atoms with Crippen molar-refractivity contribution in [2.75, 3.05) is 10.0 Å². The topological polar surface area (TPSA) is 93.1 Å². The number of aromatic nitrogens is 2. The Hall–Kier alpha value is -3.24. The Morgan fingerprint density at radius 3 is 2.43 bits per heavy atom. The fourth-order valence-electron chi connectivity index (χ4n) is 3.00. The Labute approximate surface area is 176 Å². The van der Waals surface area contributed by atoms with Gasteiger partial charge in [0.2, 0.25) is 0 Å². The predicted octanol–water partition coefficient (Wildman–Crippen LogP) is 4.14. The molecule has 0 atom stereocenters. The van der Waals surface area contributed by atoms with Crippen molar-refractivity contribution in [3.8, 4) is 0 Å². The molecule has 0 aliphatic rings. The molecular weight excluding hydrogens is 427 g/mol. The van der Waals surface area contributed by atoms with Crippen LogP contribution in [0.3, 0.4) is 0 Å². The van der Waals surface area contributed by atoms with Gasteiger partial charge in [0.1, 0.15) is 10.6 Å². The van der Waals surface area contributed by atoms with Crippen LogP contribution in [0.4, 0.5) is 15.8 Å². The van der Waals surface area contributed by atoms with Gasteiger partial charge in [-0.3, -0.25) is 14.2 Å². The fourth-order valence-corrected chi connectivity index (χ4v) is 5.10. The summed E-state index contributed by atoms with van der Waals surface area (Å²) in [5.41, 5.74) is 1.34. The molecule has 4 aromatic rings. The molecule has 0 aliphatic carbocycles. The average molecular weight is 445 g/mol. The summed E-state index contributed by atoms with van der Waals surface area (Å²) in [4.78, 5) is 14.1. The zero-order valence-corrected chi connectivity index (χ0v) is 17.6. The summed E-state index contributed by atoms with van der Waals surface area (Å²) in [7, 11) is -2.14. The SMILES string of the molecule is Cc1nn(C)c2sc(C(=O)Nc3ccccc3NS(=O)(=O)c3ccc(F)cc3)cc12. The molecule has 0 spiro atoms. The van der Waals surface area contributed by atoms with E-state index < -0.39 is 15.8 Å². The van der Waals surface area contributed by atoms with E-state index >= 15 is 0 Å². The molecular formula is C20H17FN4O3S2. The number of hydrogen-bond donors (Lipinski definition) is 2. The number of aryl methyl sites for hydroxylation is 2. The maximum Gasteiger partial charge on any atom is 0.265 e. The highest BCUT2D eigenvalue weighted by atomic mass is 32.2. The molecule has 2 heterocycles. The average Bonchev–Trinajstić information content (AvgIpc) is 3.25. The molecule has 4 rings (SSSR count). The molecule has 0 unspecified atom stereocenters. The Bertz CT molecular complexity index is 1320. The summed E-state index contributed by atoms with van der Waals surface area (Å²) in [6.45, 7) is 1.87. The van der Waals surface area contributed by atoms with Crippen LogP contribution < -0.4 is 10.0 Å². The molecule has 0 fully saturated rings. The van der Waals surface area contributed by atoms with Gasteiger partial charge in [-0.05, 0) is 49.4 Å². The van der Waals surface area contributed by atoms with Gasteiger partial charge in [0.25, 0.3) is 15.9 Å². The highest BCUT2D eigenvalue weighted by molar-refractivity contribution is 7.92. The lowest BCUT2D eigenvalue weighted by atomic mass is 10.2. The number of fused-ring (bicyclic) bond motifs is 1. The minimum absolute atomic E-state index is 0.0856. The van der Waals surface area contributed by atoms with E-state index in [4.69, 9.17) is 0 Å². The van der Waals surface area contributed by atoms with Gasteiger partial charge in [0.05, 0.1) is 26.8 Å². The quantitative estimate of drug-likeness (QED) is 0.484. The van der Waals surface area contributed by atoms with Crippen molar-refractivity contribution in [1.29, 1.82) is 0 Å². The van der Waals surface area contributed by atoms with Gasteiger partial charge in [-0.1, -0.05) is 12.1 Å². The molecule has 0 saturated heterocycles. The standard InChI is InChI=1S/C20H17FN4O3S2/c1-12-15-11-18(29-20(15)25(2)23-12)19(26)22-16-5-3-4-6-17(16)24-30(27,28)14-9-7-13(21)8-10-14/h3-11,24H,1-2H3,(H,22,26). The van der Waals surface area contributed by atoms with Crippen LogP contribution in [0.1, 0.15) is 15.4 Å². The molecule has 0 bridgehead atoms. The first-order valence-electron chi connectivity index (χ1n) is 8.86. The highest BCUT2D eigenvalue weighted by Crippen LogP contribution is 2.30. The molecule has 154 valence electrons. The number of carbonyl (C=O) groups is 1. The monoisotopic (exact) mass is 444 g/mol. The van der Waals surface area contributed by atoms with E-state index in [0.29, 0.717) is 10.6 Å². The van der Waals surface area contributed by atoms with Gasteiger partial charge in [-0.15, -0.1) is 11.3 Å². The van der Waals surface area contributed by atoms with E-state index in [2.05, 4.69) is 15.1 Å². The van der Waals surface area contributed by atoms with E-state index in [1.54, 1.807) is 28.9 Å². The number of sulfonamides is 1. The molecule has 2 aromatic heterocycles. The number of halogens is 1. The second-order valence-corrected chi connectivity index (χ2v) is 9.31. The van der Waals surface area contributed by atoms with Gasteiger partial charge in [-0.2, -0.15) is 5.10 Å². The third-order valence-electron chi connectivity index (χ3n) is 4.46. The van der Waals surface area contributed by atoms with Crippen molar-refractivity contribution in [3.63, 3.8) is 0 Å². The largest absolute Gasteiger partial charge is 0.319 e. The van der Waals surface area contributed by atoms with Crippen LogP contribution in [0.15, 0.2) is 59.5 Å².